The normalized spacial score (nSPS) is 10.4. The van der Waals surface area contributed by atoms with E-state index in [1.54, 1.807) is 49.5 Å². The molecule has 1 aromatic heterocycles. The number of aromatic nitrogens is 2. The van der Waals surface area contributed by atoms with Crippen LogP contribution in [0.5, 0.6) is 11.5 Å². The van der Waals surface area contributed by atoms with E-state index >= 15 is 0 Å². The van der Waals surface area contributed by atoms with Crippen molar-refractivity contribution in [3.8, 4) is 22.9 Å². The van der Waals surface area contributed by atoms with Crippen LogP contribution in [0.3, 0.4) is 0 Å². The molecule has 0 aliphatic carbocycles. The lowest BCUT2D eigenvalue weighted by Crippen LogP contribution is -2.30. The van der Waals surface area contributed by atoms with Gasteiger partial charge < -0.3 is 18.9 Å². The van der Waals surface area contributed by atoms with Gasteiger partial charge >= 0.3 is 0 Å². The van der Waals surface area contributed by atoms with Crippen molar-refractivity contribution in [2.45, 2.75) is 13.5 Å². The Morgan fingerprint density at radius 3 is 2.52 bits per heavy atom. The first-order valence-electron chi connectivity index (χ1n) is 9.07. The number of amides is 1. The average molecular weight is 393 g/mol. The SMILES string of the molecule is C=CCN(Cc1nc(-c2ccc(OC)c(OC)c2)no1)C(=O)c1ccc(C)cc1. The minimum Gasteiger partial charge on any atom is -0.493 e. The van der Waals surface area contributed by atoms with Gasteiger partial charge in [0.15, 0.2) is 11.5 Å². The second kappa shape index (κ2) is 9.05. The number of hydrogen-bond acceptors (Lipinski definition) is 6. The molecule has 29 heavy (non-hydrogen) atoms. The van der Waals surface area contributed by atoms with Gasteiger partial charge in [-0.2, -0.15) is 4.98 Å². The molecule has 0 saturated heterocycles. The molecule has 0 aliphatic heterocycles. The highest BCUT2D eigenvalue weighted by atomic mass is 16.5. The number of benzene rings is 2. The Hall–Kier alpha value is -3.61. The van der Waals surface area contributed by atoms with Crippen LogP contribution in [0.15, 0.2) is 59.6 Å². The van der Waals surface area contributed by atoms with E-state index in [9.17, 15) is 4.79 Å². The van der Waals surface area contributed by atoms with Crippen molar-refractivity contribution in [1.82, 2.24) is 15.0 Å². The van der Waals surface area contributed by atoms with Crippen LogP contribution in [-0.4, -0.2) is 41.7 Å². The van der Waals surface area contributed by atoms with E-state index < -0.39 is 0 Å². The molecule has 3 aromatic rings. The molecule has 2 aromatic carbocycles. The van der Waals surface area contributed by atoms with Gasteiger partial charge in [0.25, 0.3) is 5.91 Å². The van der Waals surface area contributed by atoms with Gasteiger partial charge in [0.1, 0.15) is 6.54 Å². The molecule has 0 N–H and O–H groups in total. The van der Waals surface area contributed by atoms with Crippen molar-refractivity contribution in [2.75, 3.05) is 20.8 Å². The molecule has 1 amide bonds. The summed E-state index contributed by atoms with van der Waals surface area (Å²) in [6, 6.07) is 12.8. The molecular weight excluding hydrogens is 370 g/mol. The zero-order valence-electron chi connectivity index (χ0n) is 16.7. The van der Waals surface area contributed by atoms with E-state index in [4.69, 9.17) is 14.0 Å². The van der Waals surface area contributed by atoms with Gasteiger partial charge in [-0.05, 0) is 37.3 Å². The number of ether oxygens (including phenoxy) is 2. The molecule has 0 radical (unpaired) electrons. The Morgan fingerprint density at radius 1 is 1.14 bits per heavy atom. The van der Waals surface area contributed by atoms with E-state index in [1.807, 2.05) is 25.1 Å². The van der Waals surface area contributed by atoms with Gasteiger partial charge in [0, 0.05) is 17.7 Å². The maximum atomic E-state index is 12.8. The van der Waals surface area contributed by atoms with E-state index in [-0.39, 0.29) is 12.5 Å². The zero-order chi connectivity index (χ0) is 20.8. The van der Waals surface area contributed by atoms with Crippen molar-refractivity contribution in [2.24, 2.45) is 0 Å². The van der Waals surface area contributed by atoms with Crippen molar-refractivity contribution < 1.29 is 18.8 Å². The van der Waals surface area contributed by atoms with Gasteiger partial charge in [-0.3, -0.25) is 4.79 Å². The first-order valence-corrected chi connectivity index (χ1v) is 9.07. The Balaban J connectivity index is 1.80. The molecule has 7 heteroatoms. The van der Waals surface area contributed by atoms with Crippen molar-refractivity contribution in [3.05, 3.63) is 72.1 Å². The lowest BCUT2D eigenvalue weighted by molar-refractivity contribution is 0.0745. The van der Waals surface area contributed by atoms with Gasteiger partial charge in [-0.15, -0.1) is 6.58 Å². The average Bonchev–Trinajstić information content (AvgIpc) is 3.21. The van der Waals surface area contributed by atoms with Crippen molar-refractivity contribution in [1.29, 1.82) is 0 Å². The molecule has 0 fully saturated rings. The van der Waals surface area contributed by atoms with Crippen LogP contribution >= 0.6 is 0 Å². The van der Waals surface area contributed by atoms with E-state index in [1.165, 1.54) is 0 Å². The van der Waals surface area contributed by atoms with Gasteiger partial charge in [-0.1, -0.05) is 28.9 Å². The second-order valence-corrected chi connectivity index (χ2v) is 6.42. The van der Waals surface area contributed by atoms with E-state index in [0.29, 0.717) is 35.3 Å². The third-order valence-corrected chi connectivity index (χ3v) is 4.37. The molecule has 7 nitrogen and oxygen atoms in total. The summed E-state index contributed by atoms with van der Waals surface area (Å²) < 4.78 is 15.9. The quantitative estimate of drug-likeness (QED) is 0.540. The first-order chi connectivity index (χ1) is 14.0. The minimum absolute atomic E-state index is 0.129. The Morgan fingerprint density at radius 2 is 1.86 bits per heavy atom. The van der Waals surface area contributed by atoms with Crippen LogP contribution in [0.25, 0.3) is 11.4 Å². The summed E-state index contributed by atoms with van der Waals surface area (Å²) in [6.45, 7) is 6.25. The van der Waals surface area contributed by atoms with Crippen LogP contribution in [0.1, 0.15) is 21.8 Å². The number of nitrogens with zero attached hydrogens (tertiary/aromatic N) is 3. The van der Waals surface area contributed by atoms with Crippen LogP contribution in [-0.2, 0) is 6.54 Å². The fourth-order valence-electron chi connectivity index (χ4n) is 2.83. The first kappa shape index (κ1) is 20.1. The molecule has 0 spiro atoms. The largest absolute Gasteiger partial charge is 0.493 e. The highest BCUT2D eigenvalue weighted by Gasteiger charge is 2.19. The van der Waals surface area contributed by atoms with E-state index in [0.717, 1.165) is 11.1 Å². The molecule has 0 saturated carbocycles. The topological polar surface area (TPSA) is 77.7 Å². The smallest absolute Gasteiger partial charge is 0.254 e. The second-order valence-electron chi connectivity index (χ2n) is 6.42. The standard InChI is InChI=1S/C22H23N3O4/c1-5-12-25(22(26)16-8-6-15(2)7-9-16)14-20-23-21(24-29-20)17-10-11-18(27-3)19(13-17)28-4/h5-11,13H,1,12,14H2,2-4H3. The summed E-state index contributed by atoms with van der Waals surface area (Å²) in [7, 11) is 3.14. The highest BCUT2D eigenvalue weighted by Crippen LogP contribution is 2.31. The van der Waals surface area contributed by atoms with Crippen LogP contribution in [0, 0.1) is 6.92 Å². The highest BCUT2D eigenvalue weighted by molar-refractivity contribution is 5.94. The third kappa shape index (κ3) is 4.63. The third-order valence-electron chi connectivity index (χ3n) is 4.37. The summed E-state index contributed by atoms with van der Waals surface area (Å²) in [5.74, 6) is 1.79. The number of hydrogen-bond donors (Lipinski definition) is 0. The molecule has 0 aliphatic rings. The number of rotatable bonds is 8. The monoisotopic (exact) mass is 393 g/mol. The summed E-state index contributed by atoms with van der Waals surface area (Å²) >= 11 is 0. The molecule has 1 heterocycles. The van der Waals surface area contributed by atoms with Gasteiger partial charge in [-0.25, -0.2) is 0 Å². The van der Waals surface area contributed by atoms with Crippen LogP contribution < -0.4 is 9.47 Å². The molecule has 3 rings (SSSR count). The summed E-state index contributed by atoms with van der Waals surface area (Å²) in [6.07, 6.45) is 1.66. The lowest BCUT2D eigenvalue weighted by atomic mass is 10.1. The molecule has 150 valence electrons. The van der Waals surface area contributed by atoms with Crippen molar-refractivity contribution >= 4 is 5.91 Å². The summed E-state index contributed by atoms with van der Waals surface area (Å²) in [5.41, 5.74) is 2.41. The molecular formula is C22H23N3O4. The number of carbonyl (C=O) groups is 1. The fraction of sp³-hybridized carbons (Fsp3) is 0.227. The lowest BCUT2D eigenvalue weighted by Gasteiger charge is -2.19. The molecule has 0 atom stereocenters. The number of carbonyl (C=O) groups excluding carboxylic acids is 1. The Bertz CT molecular complexity index is 996. The Kier molecular flexibility index (Phi) is 6.29. The predicted molar refractivity (Wildman–Crippen MR) is 109 cm³/mol. The Labute approximate surface area is 169 Å². The number of methoxy groups -OCH3 is 2. The summed E-state index contributed by atoms with van der Waals surface area (Å²) in [5, 5.41) is 4.03. The summed E-state index contributed by atoms with van der Waals surface area (Å²) in [4.78, 5) is 18.9. The number of aryl methyl sites for hydroxylation is 1. The van der Waals surface area contributed by atoms with Crippen LogP contribution in [0.2, 0.25) is 0 Å². The zero-order valence-corrected chi connectivity index (χ0v) is 16.7. The van der Waals surface area contributed by atoms with Gasteiger partial charge in [0.2, 0.25) is 11.7 Å². The predicted octanol–water partition coefficient (Wildman–Crippen LogP) is 3.89. The fourth-order valence-corrected chi connectivity index (χ4v) is 2.83. The van der Waals surface area contributed by atoms with Crippen molar-refractivity contribution in [3.63, 3.8) is 0 Å². The maximum absolute atomic E-state index is 12.8. The minimum atomic E-state index is -0.129. The maximum Gasteiger partial charge on any atom is 0.254 e. The van der Waals surface area contributed by atoms with Crippen LogP contribution in [0.4, 0.5) is 0 Å². The van der Waals surface area contributed by atoms with Gasteiger partial charge in [0.05, 0.1) is 14.2 Å². The molecule has 0 bridgehead atoms. The molecule has 0 unspecified atom stereocenters. The van der Waals surface area contributed by atoms with E-state index in [2.05, 4.69) is 16.7 Å².